The number of imide groups is 1. The van der Waals surface area contributed by atoms with Crippen LogP contribution in [0.15, 0.2) is 72.8 Å². The van der Waals surface area contributed by atoms with Crippen molar-refractivity contribution in [2.45, 2.75) is 38.5 Å². The zero-order chi connectivity index (χ0) is 27.7. The number of nitrogens with zero attached hydrogens (tertiary/aromatic N) is 4. The van der Waals surface area contributed by atoms with E-state index in [9.17, 15) is 27.9 Å². The number of aliphatic hydroxyl groups excluding tert-OH is 1. The number of anilines is 4. The number of para-hydroxylation sites is 1. The third-order valence-electron chi connectivity index (χ3n) is 7.26. The van der Waals surface area contributed by atoms with Gasteiger partial charge in [0.05, 0.1) is 34.9 Å². The molecule has 2 aliphatic rings. The van der Waals surface area contributed by atoms with Gasteiger partial charge in [-0.25, -0.2) is 14.5 Å². The maximum Gasteiger partial charge on any atom is 0.416 e. The fourth-order valence-corrected chi connectivity index (χ4v) is 5.26. The number of aliphatic hydroxyl groups is 1. The molecule has 7 nitrogen and oxygen atoms in total. The number of benzene rings is 3. The van der Waals surface area contributed by atoms with Crippen molar-refractivity contribution in [3.8, 4) is 0 Å². The van der Waals surface area contributed by atoms with Crippen LogP contribution in [-0.4, -0.2) is 47.8 Å². The van der Waals surface area contributed by atoms with Crippen LogP contribution in [0.1, 0.15) is 30.9 Å². The molecule has 0 bridgehead atoms. The highest BCUT2D eigenvalue weighted by Crippen LogP contribution is 2.43. The molecule has 0 aliphatic carbocycles. The minimum Gasteiger partial charge on any atom is -0.395 e. The molecule has 2 heterocycles. The van der Waals surface area contributed by atoms with Crippen LogP contribution in [0.25, 0.3) is 0 Å². The molecule has 3 aromatic carbocycles. The van der Waals surface area contributed by atoms with Crippen molar-refractivity contribution >= 4 is 34.8 Å². The minimum atomic E-state index is -4.63. The number of carbonyl (C=O) groups is 2. The van der Waals surface area contributed by atoms with Crippen molar-refractivity contribution in [2.75, 3.05) is 34.4 Å². The number of hydrogen-bond donors (Lipinski definition) is 1. The molecule has 1 unspecified atom stereocenters. The normalized spacial score (nSPS) is 18.5. The Morgan fingerprint density at radius 1 is 0.872 bits per heavy atom. The first-order chi connectivity index (χ1) is 18.7. The first-order valence-corrected chi connectivity index (χ1v) is 12.9. The predicted molar refractivity (Wildman–Crippen MR) is 143 cm³/mol. The van der Waals surface area contributed by atoms with E-state index in [2.05, 4.69) is 4.90 Å². The van der Waals surface area contributed by atoms with Crippen molar-refractivity contribution in [3.05, 3.63) is 83.9 Å². The molecule has 0 radical (unpaired) electrons. The van der Waals surface area contributed by atoms with Crippen molar-refractivity contribution in [3.63, 3.8) is 0 Å². The summed E-state index contributed by atoms with van der Waals surface area (Å²) in [5.41, 5.74) is 0.852. The van der Waals surface area contributed by atoms with Gasteiger partial charge in [0.25, 0.3) is 0 Å². The molecule has 4 amide bonds. The second-order valence-corrected chi connectivity index (χ2v) is 9.63. The maximum atomic E-state index is 14.1. The van der Waals surface area contributed by atoms with Crippen LogP contribution in [0, 0.1) is 0 Å². The summed E-state index contributed by atoms with van der Waals surface area (Å²) in [7, 11) is 0. The highest BCUT2D eigenvalue weighted by Gasteiger charge is 2.41. The average Bonchev–Trinajstić information content (AvgIpc) is 3.34. The number of amides is 4. The largest absolute Gasteiger partial charge is 0.416 e. The molecule has 3 aromatic rings. The lowest BCUT2D eigenvalue weighted by Crippen LogP contribution is -2.48. The zero-order valence-electron chi connectivity index (χ0n) is 21.4. The smallest absolute Gasteiger partial charge is 0.395 e. The summed E-state index contributed by atoms with van der Waals surface area (Å²) >= 11 is 0. The lowest BCUT2D eigenvalue weighted by Gasteiger charge is -2.27. The third-order valence-corrected chi connectivity index (χ3v) is 7.26. The number of likely N-dealkylation sites (tertiary alicyclic amines) is 1. The molecular weight excluding hydrogens is 509 g/mol. The van der Waals surface area contributed by atoms with E-state index in [0.717, 1.165) is 46.9 Å². The molecule has 1 N–H and O–H groups in total. The van der Waals surface area contributed by atoms with Gasteiger partial charge in [-0.2, -0.15) is 13.2 Å². The summed E-state index contributed by atoms with van der Waals surface area (Å²) in [5, 5.41) is 9.62. The molecule has 5 rings (SSSR count). The van der Waals surface area contributed by atoms with E-state index < -0.39 is 23.8 Å². The lowest BCUT2D eigenvalue weighted by atomic mass is 10.1. The van der Waals surface area contributed by atoms with Crippen LogP contribution in [0.5, 0.6) is 0 Å². The summed E-state index contributed by atoms with van der Waals surface area (Å²) in [5.74, 6) is 0. The van der Waals surface area contributed by atoms with Gasteiger partial charge in [0.15, 0.2) is 0 Å². The third kappa shape index (κ3) is 5.09. The number of fused-ring (bicyclic) bond motifs is 1. The molecule has 0 spiro atoms. The molecule has 2 aliphatic heterocycles. The Balaban J connectivity index is 1.57. The molecular formula is C29H29F3N4O3. The molecule has 1 saturated heterocycles. The van der Waals surface area contributed by atoms with Gasteiger partial charge in [0.1, 0.15) is 0 Å². The highest BCUT2D eigenvalue weighted by atomic mass is 19.4. The van der Waals surface area contributed by atoms with Gasteiger partial charge in [0.2, 0.25) is 0 Å². The Bertz CT molecular complexity index is 1350. The predicted octanol–water partition coefficient (Wildman–Crippen LogP) is 6.39. The number of urea groups is 2. The molecule has 1 atom stereocenters. The quantitative estimate of drug-likeness (QED) is 0.395. The fourth-order valence-electron chi connectivity index (χ4n) is 5.26. The number of carbonyl (C=O) groups excluding carboxylic acids is 2. The topological polar surface area (TPSA) is 67.3 Å². The summed E-state index contributed by atoms with van der Waals surface area (Å²) in [6, 6.07) is 17.1. The van der Waals surface area contributed by atoms with Gasteiger partial charge in [0, 0.05) is 19.1 Å². The first kappa shape index (κ1) is 26.7. The Morgan fingerprint density at radius 2 is 1.56 bits per heavy atom. The van der Waals surface area contributed by atoms with Crippen molar-refractivity contribution in [1.29, 1.82) is 0 Å². The second kappa shape index (κ2) is 10.7. The summed E-state index contributed by atoms with van der Waals surface area (Å²) < 4.78 is 41.1. The molecule has 0 saturated carbocycles. The fraction of sp³-hybridized carbons (Fsp3) is 0.310. The lowest BCUT2D eigenvalue weighted by molar-refractivity contribution is -0.137. The highest BCUT2D eigenvalue weighted by molar-refractivity contribution is 6.28. The van der Waals surface area contributed by atoms with Gasteiger partial charge < -0.3 is 5.11 Å². The van der Waals surface area contributed by atoms with E-state index >= 15 is 0 Å². The Hall–Kier alpha value is -3.89. The average molecular weight is 539 g/mol. The van der Waals surface area contributed by atoms with Crippen LogP contribution in [0.3, 0.4) is 0 Å². The van der Waals surface area contributed by atoms with Crippen LogP contribution >= 0.6 is 0 Å². The molecule has 39 heavy (non-hydrogen) atoms. The van der Waals surface area contributed by atoms with Gasteiger partial charge >= 0.3 is 18.2 Å². The molecule has 0 aromatic heterocycles. The van der Waals surface area contributed by atoms with E-state index in [4.69, 9.17) is 0 Å². The summed E-state index contributed by atoms with van der Waals surface area (Å²) in [4.78, 5) is 33.5. The Labute approximate surface area is 224 Å². The van der Waals surface area contributed by atoms with Gasteiger partial charge in [-0.15, -0.1) is 0 Å². The molecule has 204 valence electrons. The summed E-state index contributed by atoms with van der Waals surface area (Å²) in [6.07, 6.45) is -2.68. The Kier molecular flexibility index (Phi) is 7.33. The van der Waals surface area contributed by atoms with Gasteiger partial charge in [-0.1, -0.05) is 30.3 Å². The SMILES string of the molecule is CCN1C(=O)N(c2ccc(CN3CCCC3CO)cc2)C(=O)N(c2ccccc2)c2cc(C(F)(F)F)ccc21. The minimum absolute atomic E-state index is 0.0283. The maximum absolute atomic E-state index is 14.1. The standard InChI is InChI=1S/C29H29F3N4O3/c1-2-34-25-15-12-21(29(30,31)32)17-26(25)35(22-7-4-3-5-8-22)28(39)36(27(34)38)23-13-10-20(11-14-23)18-33-16-6-9-24(33)19-37/h3-5,7-8,10-15,17,24,37H,2,6,9,16,18-19H2,1H3. The van der Waals surface area contributed by atoms with Crippen molar-refractivity contribution in [1.82, 2.24) is 4.90 Å². The molecule has 1 fully saturated rings. The monoisotopic (exact) mass is 538 g/mol. The van der Waals surface area contributed by atoms with E-state index in [1.165, 1.54) is 11.0 Å². The van der Waals surface area contributed by atoms with Crippen molar-refractivity contribution in [2.24, 2.45) is 0 Å². The number of halogens is 3. The zero-order valence-corrected chi connectivity index (χ0v) is 21.4. The summed E-state index contributed by atoms with van der Waals surface area (Å²) in [6.45, 7) is 3.44. The second-order valence-electron chi connectivity index (χ2n) is 9.63. The molecule has 10 heteroatoms. The van der Waals surface area contributed by atoms with Crippen LogP contribution in [0.4, 0.5) is 45.5 Å². The van der Waals surface area contributed by atoms with Gasteiger partial charge in [-0.3, -0.25) is 14.7 Å². The van der Waals surface area contributed by atoms with Crippen LogP contribution < -0.4 is 14.7 Å². The van der Waals surface area contributed by atoms with E-state index in [-0.39, 0.29) is 30.6 Å². The number of hydrogen-bond acceptors (Lipinski definition) is 4. The van der Waals surface area contributed by atoms with Crippen LogP contribution in [0.2, 0.25) is 0 Å². The van der Waals surface area contributed by atoms with E-state index in [0.29, 0.717) is 17.9 Å². The van der Waals surface area contributed by atoms with Crippen LogP contribution in [-0.2, 0) is 12.7 Å². The van der Waals surface area contributed by atoms with E-state index in [1.54, 1.807) is 49.4 Å². The van der Waals surface area contributed by atoms with Gasteiger partial charge in [-0.05, 0) is 74.3 Å². The number of rotatable bonds is 6. The first-order valence-electron chi connectivity index (χ1n) is 12.9. The Morgan fingerprint density at radius 3 is 2.21 bits per heavy atom. The van der Waals surface area contributed by atoms with E-state index in [1.807, 2.05) is 12.1 Å². The number of alkyl halides is 3. The van der Waals surface area contributed by atoms with Crippen molar-refractivity contribution < 1.29 is 27.9 Å².